The lowest BCUT2D eigenvalue weighted by atomic mass is 9.98. The normalized spacial score (nSPS) is 11.8. The van der Waals surface area contributed by atoms with Crippen LogP contribution in [0.2, 0.25) is 0 Å². The summed E-state index contributed by atoms with van der Waals surface area (Å²) in [6.07, 6.45) is 3.98. The third-order valence-electron chi connectivity index (χ3n) is 5.72. The maximum absolute atomic E-state index is 13.8. The Morgan fingerprint density at radius 1 is 1.22 bits per heavy atom. The molecule has 8 nitrogen and oxygen atoms in total. The molecule has 0 radical (unpaired) electrons. The lowest BCUT2D eigenvalue weighted by Gasteiger charge is -2.17. The zero-order valence-corrected chi connectivity index (χ0v) is 20.7. The summed E-state index contributed by atoms with van der Waals surface area (Å²) in [7, 11) is 0. The average Bonchev–Trinajstić information content (AvgIpc) is 3.54. The molecule has 4 rings (SSSR count). The molecule has 1 amide bonds. The molecule has 0 aliphatic carbocycles. The maximum Gasteiger partial charge on any atom is 0.326 e. The van der Waals surface area contributed by atoms with Crippen LogP contribution >= 0.6 is 11.3 Å². The van der Waals surface area contributed by atoms with E-state index in [2.05, 4.69) is 25.6 Å². The number of aromatic amines is 1. The summed E-state index contributed by atoms with van der Waals surface area (Å²) in [6, 6.07) is 8.90. The van der Waals surface area contributed by atoms with Gasteiger partial charge in [0.25, 0.3) is 5.91 Å². The Labute approximate surface area is 211 Å². The van der Waals surface area contributed by atoms with Crippen LogP contribution in [0.5, 0.6) is 0 Å². The van der Waals surface area contributed by atoms with Gasteiger partial charge in [-0.1, -0.05) is 31.2 Å². The molecule has 4 N–H and O–H groups in total. The number of hydrogen-bond donors (Lipinski definition) is 4. The van der Waals surface area contributed by atoms with Gasteiger partial charge in [-0.15, -0.1) is 11.3 Å². The maximum atomic E-state index is 13.8. The van der Waals surface area contributed by atoms with E-state index in [1.165, 1.54) is 23.5 Å². The molecule has 0 aliphatic heterocycles. The molecule has 4 aromatic rings. The minimum Gasteiger partial charge on any atom is -0.480 e. The Hall–Kier alpha value is -4.05. The molecule has 2 heterocycles. The molecule has 0 spiro atoms. The first-order chi connectivity index (χ1) is 17.3. The van der Waals surface area contributed by atoms with Crippen LogP contribution in [0.15, 0.2) is 54.2 Å². The first kappa shape index (κ1) is 25.1. The van der Waals surface area contributed by atoms with Crippen molar-refractivity contribution in [3.05, 3.63) is 87.9 Å². The van der Waals surface area contributed by atoms with E-state index in [0.29, 0.717) is 35.6 Å². The molecule has 2 aromatic heterocycles. The number of aryl methyl sites for hydroxylation is 2. The minimum atomic E-state index is -1.14. The SMILES string of the molecule is CCc1cc(F)cc(C)c1C(=O)NC(Cc1ccc(-c2nc(CNc3ncc[nH]3)cs2)cc1)C(=O)O. The van der Waals surface area contributed by atoms with Crippen LogP contribution in [0.1, 0.15) is 39.7 Å². The van der Waals surface area contributed by atoms with E-state index in [0.717, 1.165) is 21.8 Å². The number of benzene rings is 2. The second-order valence-electron chi connectivity index (χ2n) is 8.31. The van der Waals surface area contributed by atoms with Crippen LogP contribution in [-0.2, 0) is 24.2 Å². The number of carbonyl (C=O) groups excluding carboxylic acids is 1. The van der Waals surface area contributed by atoms with Crippen LogP contribution < -0.4 is 10.6 Å². The third kappa shape index (κ3) is 5.95. The van der Waals surface area contributed by atoms with Crippen LogP contribution in [0.25, 0.3) is 10.6 Å². The fourth-order valence-corrected chi connectivity index (χ4v) is 4.75. The molecular formula is C26H26FN5O3S. The van der Waals surface area contributed by atoms with Crippen molar-refractivity contribution in [1.82, 2.24) is 20.3 Å². The lowest BCUT2D eigenvalue weighted by Crippen LogP contribution is -2.42. The summed E-state index contributed by atoms with van der Waals surface area (Å²) in [5, 5.41) is 18.3. The topological polar surface area (TPSA) is 120 Å². The highest BCUT2D eigenvalue weighted by Gasteiger charge is 2.24. The summed E-state index contributed by atoms with van der Waals surface area (Å²) < 4.78 is 13.8. The Balaban J connectivity index is 1.42. The number of H-pyrrole nitrogens is 1. The number of nitrogens with zero attached hydrogens (tertiary/aromatic N) is 2. The number of halogens is 1. The number of nitrogens with one attached hydrogen (secondary N) is 3. The summed E-state index contributed by atoms with van der Waals surface area (Å²) in [5.74, 6) is -1.41. The van der Waals surface area contributed by atoms with Gasteiger partial charge in [-0.05, 0) is 42.2 Å². The fraction of sp³-hybridized carbons (Fsp3) is 0.231. The molecule has 2 aromatic carbocycles. The molecule has 0 saturated heterocycles. The molecule has 1 atom stereocenters. The molecule has 0 fully saturated rings. The second-order valence-corrected chi connectivity index (χ2v) is 9.17. The Morgan fingerprint density at radius 3 is 2.67 bits per heavy atom. The van der Waals surface area contributed by atoms with E-state index in [-0.39, 0.29) is 6.42 Å². The number of amides is 1. The monoisotopic (exact) mass is 507 g/mol. The number of aliphatic carboxylic acids is 1. The number of aromatic nitrogens is 3. The van der Waals surface area contributed by atoms with Gasteiger partial charge in [0, 0.05) is 35.3 Å². The Morgan fingerprint density at radius 2 is 2.00 bits per heavy atom. The van der Waals surface area contributed by atoms with Gasteiger partial charge in [-0.2, -0.15) is 0 Å². The number of carboxylic acids is 1. The summed E-state index contributed by atoms with van der Waals surface area (Å²) in [4.78, 5) is 36.6. The fourth-order valence-electron chi connectivity index (χ4n) is 3.92. The molecule has 36 heavy (non-hydrogen) atoms. The van der Waals surface area contributed by atoms with Crippen LogP contribution in [0.4, 0.5) is 10.3 Å². The molecule has 186 valence electrons. The second kappa shape index (κ2) is 11.1. The number of anilines is 1. The summed E-state index contributed by atoms with van der Waals surface area (Å²) in [6.45, 7) is 4.00. The van der Waals surface area contributed by atoms with E-state index >= 15 is 0 Å². The van der Waals surface area contributed by atoms with E-state index in [4.69, 9.17) is 0 Å². The summed E-state index contributed by atoms with van der Waals surface area (Å²) >= 11 is 1.52. The van der Waals surface area contributed by atoms with E-state index in [1.54, 1.807) is 19.3 Å². The highest BCUT2D eigenvalue weighted by molar-refractivity contribution is 7.13. The van der Waals surface area contributed by atoms with Gasteiger partial charge in [0.15, 0.2) is 5.95 Å². The first-order valence-electron chi connectivity index (χ1n) is 11.4. The van der Waals surface area contributed by atoms with Crippen molar-refractivity contribution >= 4 is 29.2 Å². The zero-order chi connectivity index (χ0) is 25.7. The number of rotatable bonds is 10. The van der Waals surface area contributed by atoms with E-state index < -0.39 is 23.7 Å². The standard InChI is InChI=1S/C26H26FN5O3S/c1-3-17-12-19(27)10-15(2)22(17)23(33)32-21(25(34)35)11-16-4-6-18(7-5-16)24-31-20(14-36-24)13-30-26-28-8-9-29-26/h4-10,12,14,21H,3,11,13H2,1-2H3,(H,32,33)(H,34,35)(H2,28,29,30). The van der Waals surface area contributed by atoms with Crippen LogP contribution in [-0.4, -0.2) is 38.0 Å². The third-order valence-corrected chi connectivity index (χ3v) is 6.66. The highest BCUT2D eigenvalue weighted by Crippen LogP contribution is 2.25. The highest BCUT2D eigenvalue weighted by atomic mass is 32.1. The van der Waals surface area contributed by atoms with Crippen molar-refractivity contribution in [2.45, 2.75) is 39.3 Å². The Bertz CT molecular complexity index is 1350. The number of thiazole rings is 1. The predicted molar refractivity (Wildman–Crippen MR) is 137 cm³/mol. The quantitative estimate of drug-likeness (QED) is 0.249. The number of hydrogen-bond acceptors (Lipinski definition) is 6. The van der Waals surface area contributed by atoms with E-state index in [1.807, 2.05) is 36.6 Å². The van der Waals surface area contributed by atoms with Crippen molar-refractivity contribution in [3.63, 3.8) is 0 Å². The number of carboxylic acid groups (broad SMARTS) is 1. The minimum absolute atomic E-state index is 0.110. The molecular weight excluding hydrogens is 481 g/mol. The van der Waals surface area contributed by atoms with E-state index in [9.17, 15) is 19.1 Å². The van der Waals surface area contributed by atoms with Crippen LogP contribution in [0, 0.1) is 12.7 Å². The van der Waals surface area contributed by atoms with Gasteiger partial charge in [-0.25, -0.2) is 19.2 Å². The molecule has 0 bridgehead atoms. The largest absolute Gasteiger partial charge is 0.480 e. The van der Waals surface area contributed by atoms with Crippen molar-refractivity contribution < 1.29 is 19.1 Å². The number of carbonyl (C=O) groups is 2. The number of imidazole rings is 1. The van der Waals surface area contributed by atoms with Gasteiger partial charge < -0.3 is 20.7 Å². The zero-order valence-electron chi connectivity index (χ0n) is 19.8. The van der Waals surface area contributed by atoms with Gasteiger partial charge >= 0.3 is 5.97 Å². The van der Waals surface area contributed by atoms with Crippen molar-refractivity contribution in [2.24, 2.45) is 0 Å². The Kier molecular flexibility index (Phi) is 7.74. The molecule has 0 aliphatic rings. The summed E-state index contributed by atoms with van der Waals surface area (Å²) in [5.41, 5.74) is 3.89. The van der Waals surface area contributed by atoms with Crippen LogP contribution in [0.3, 0.4) is 0 Å². The van der Waals surface area contributed by atoms with Gasteiger partial charge in [-0.3, -0.25) is 4.79 Å². The van der Waals surface area contributed by atoms with Gasteiger partial charge in [0.1, 0.15) is 16.9 Å². The van der Waals surface area contributed by atoms with Gasteiger partial charge in [0.2, 0.25) is 0 Å². The van der Waals surface area contributed by atoms with Crippen molar-refractivity contribution in [2.75, 3.05) is 5.32 Å². The molecule has 1 unspecified atom stereocenters. The smallest absolute Gasteiger partial charge is 0.326 e. The average molecular weight is 508 g/mol. The predicted octanol–water partition coefficient (Wildman–Crippen LogP) is 4.58. The first-order valence-corrected chi connectivity index (χ1v) is 12.3. The lowest BCUT2D eigenvalue weighted by molar-refractivity contribution is -0.139. The molecule has 10 heteroatoms. The molecule has 0 saturated carbocycles. The van der Waals surface area contributed by atoms with Crippen molar-refractivity contribution in [1.29, 1.82) is 0 Å². The van der Waals surface area contributed by atoms with Gasteiger partial charge in [0.05, 0.1) is 12.2 Å². The van der Waals surface area contributed by atoms with Crippen molar-refractivity contribution in [3.8, 4) is 10.6 Å².